The maximum Gasteiger partial charge on any atom is 0.397 e. The molecule has 5 rings (SSSR count). The van der Waals surface area contributed by atoms with Crippen LogP contribution in [0.15, 0.2) is 0 Å². The molecule has 69 heavy (non-hydrogen) atoms. The van der Waals surface area contributed by atoms with E-state index in [2.05, 4.69) is 14.8 Å². The third-order valence-corrected chi connectivity index (χ3v) is 12.2. The molecule has 0 radical (unpaired) electrons. The number of carbonyl (C=O) groups is 2. The second-order valence-electron chi connectivity index (χ2n) is 16.3. The Hall–Kier alpha value is -2.00. The van der Waals surface area contributed by atoms with Gasteiger partial charge in [-0.25, -0.2) is 4.18 Å². The number of aliphatic hydroxyl groups excluding tert-OH is 13. The normalized spacial score (nSPS) is 45.9. The van der Waals surface area contributed by atoms with Crippen LogP contribution in [0.2, 0.25) is 0 Å². The van der Waals surface area contributed by atoms with Gasteiger partial charge >= 0.3 is 21.8 Å². The molecule has 2 amide bonds. The predicted octanol–water partition coefficient (Wildman–Crippen LogP) is -11.6. The molecular weight excluding hydrogens is 996 g/mol. The molecule has 5 aliphatic heterocycles. The lowest BCUT2D eigenvalue weighted by atomic mass is 9.94. The fourth-order valence-corrected chi connectivity index (χ4v) is 8.64. The maximum absolute atomic E-state index is 12.5. The Morgan fingerprint density at radius 3 is 1.33 bits per heavy atom. The van der Waals surface area contributed by atoms with Gasteiger partial charge in [0.1, 0.15) is 122 Å². The van der Waals surface area contributed by atoms with Crippen LogP contribution in [0.25, 0.3) is 0 Å². The molecule has 2 unspecified atom stereocenters. The van der Waals surface area contributed by atoms with E-state index in [1.165, 1.54) is 0 Å². The minimum absolute atomic E-state index is 0.877. The number of aliphatic hydroxyl groups is 13. The zero-order valence-corrected chi connectivity index (χ0v) is 37.7. The summed E-state index contributed by atoms with van der Waals surface area (Å²) in [5.74, 6) is -1.81. The number of hydrogen-bond acceptors (Lipinski definition) is 29. The van der Waals surface area contributed by atoms with E-state index in [9.17, 15) is 97.7 Å². The average Bonchev–Trinajstić information content (AvgIpc) is 3.27. The van der Waals surface area contributed by atoms with Gasteiger partial charge in [-0.3, -0.25) is 22.9 Å². The van der Waals surface area contributed by atoms with Gasteiger partial charge in [0.05, 0.1) is 33.0 Å². The summed E-state index contributed by atoms with van der Waals surface area (Å²) in [4.78, 5) is 24.9. The Kier molecular flexibility index (Phi) is 20.8. The SMILES string of the molecule is CC(=O)N[C@H]1[C@H](O[C@H]2[C@@H](O)[C@@H](CO)O[C@@H](O[C@H]3[C@H](O)[C@@H](NC(C)=O)[C@H](O[C@H]4[C@@H](O)[C@@H](CO)OC(O)[C@@H]4O)O[C@@H]3COS(=O)O)[C@@H]2O)O[C@H](COS(=O)(=O)O)[C@@H](O[C@@H]2O[C@H](CO)[C@H](O)[C@H](O)[C@H]2O)[C@@H]1O. The number of hydrogen-bond donors (Lipinski definition) is 17. The first kappa shape index (κ1) is 57.9. The molecule has 0 bridgehead atoms. The summed E-state index contributed by atoms with van der Waals surface area (Å²) >= 11 is -3.05. The van der Waals surface area contributed by atoms with Crippen LogP contribution < -0.4 is 10.6 Å². The number of nitrogens with one attached hydrogen (secondary N) is 2. The average molecular weight is 1050 g/mol. The van der Waals surface area contributed by atoms with E-state index in [4.69, 9.17) is 46.8 Å². The molecule has 5 fully saturated rings. The van der Waals surface area contributed by atoms with Crippen molar-refractivity contribution in [2.45, 2.75) is 167 Å². The molecule has 0 saturated carbocycles. The summed E-state index contributed by atoms with van der Waals surface area (Å²) < 4.78 is 114. The summed E-state index contributed by atoms with van der Waals surface area (Å²) in [6.45, 7) is -3.30. The first-order chi connectivity index (χ1) is 32.3. The quantitative estimate of drug-likeness (QED) is 0.0422. The topological polar surface area (TPSA) is 514 Å². The number of ether oxygens (including phenoxy) is 9. The highest BCUT2D eigenvalue weighted by atomic mass is 32.3. The summed E-state index contributed by atoms with van der Waals surface area (Å²) in [6, 6.07) is -3.71. The molecule has 402 valence electrons. The number of amides is 2. The van der Waals surface area contributed by atoms with Crippen molar-refractivity contribution in [1.29, 1.82) is 0 Å². The molecule has 0 aromatic heterocycles. The van der Waals surface area contributed by atoms with Crippen molar-refractivity contribution in [3.05, 3.63) is 0 Å². The van der Waals surface area contributed by atoms with Gasteiger partial charge in [0.2, 0.25) is 11.8 Å². The summed E-state index contributed by atoms with van der Waals surface area (Å²) in [5.41, 5.74) is 0. The van der Waals surface area contributed by atoms with Crippen molar-refractivity contribution in [3.8, 4) is 0 Å². The highest BCUT2D eigenvalue weighted by Crippen LogP contribution is 2.36. The molecule has 5 heterocycles. The van der Waals surface area contributed by atoms with E-state index in [1.54, 1.807) is 0 Å². The predicted molar refractivity (Wildman–Crippen MR) is 210 cm³/mol. The smallest absolute Gasteiger partial charge is 0.394 e. The van der Waals surface area contributed by atoms with Crippen LogP contribution in [0.1, 0.15) is 13.8 Å². The molecule has 5 saturated heterocycles. The van der Waals surface area contributed by atoms with Crippen LogP contribution in [0, 0.1) is 0 Å². The monoisotopic (exact) mass is 1050 g/mol. The number of rotatable bonds is 19. The molecule has 35 heteroatoms. The van der Waals surface area contributed by atoms with Gasteiger partial charge in [-0.15, -0.1) is 0 Å². The van der Waals surface area contributed by atoms with Crippen molar-refractivity contribution < 1.29 is 149 Å². The summed E-state index contributed by atoms with van der Waals surface area (Å²) in [7, 11) is -5.32. The van der Waals surface area contributed by atoms with Crippen LogP contribution >= 0.6 is 0 Å². The minimum Gasteiger partial charge on any atom is -0.394 e. The maximum atomic E-state index is 12.5. The largest absolute Gasteiger partial charge is 0.397 e. The Morgan fingerprint density at radius 2 is 0.899 bits per heavy atom. The minimum atomic E-state index is -5.32. The van der Waals surface area contributed by atoms with Crippen molar-refractivity contribution in [3.63, 3.8) is 0 Å². The van der Waals surface area contributed by atoms with Crippen molar-refractivity contribution in [2.24, 2.45) is 0 Å². The van der Waals surface area contributed by atoms with E-state index in [0.29, 0.717) is 0 Å². The zero-order valence-electron chi connectivity index (χ0n) is 36.0. The lowest BCUT2D eigenvalue weighted by Crippen LogP contribution is -2.70. The molecule has 0 spiro atoms. The fraction of sp³-hybridized carbons (Fsp3) is 0.941. The van der Waals surface area contributed by atoms with E-state index < -0.39 is 220 Å². The van der Waals surface area contributed by atoms with Crippen LogP contribution in [0.5, 0.6) is 0 Å². The van der Waals surface area contributed by atoms with Gasteiger partial charge in [0.25, 0.3) is 0 Å². The van der Waals surface area contributed by atoms with E-state index in [1.807, 2.05) is 0 Å². The van der Waals surface area contributed by atoms with Gasteiger partial charge in [-0.05, 0) is 0 Å². The Labute approximate surface area is 392 Å². The first-order valence-electron chi connectivity index (χ1n) is 20.7. The molecular formula is C34H58N2O31S2. The van der Waals surface area contributed by atoms with E-state index >= 15 is 0 Å². The molecule has 17 N–H and O–H groups in total. The Bertz CT molecular complexity index is 1810. The molecule has 33 nitrogen and oxygen atoms in total. The van der Waals surface area contributed by atoms with Gasteiger partial charge < -0.3 is 120 Å². The van der Waals surface area contributed by atoms with Gasteiger partial charge in [-0.1, -0.05) is 0 Å². The second kappa shape index (κ2) is 24.8. The number of carbonyl (C=O) groups excluding carboxylic acids is 2. The highest BCUT2D eigenvalue weighted by molar-refractivity contribution is 7.80. The fourth-order valence-electron chi connectivity index (χ4n) is 8.09. The van der Waals surface area contributed by atoms with Crippen molar-refractivity contribution in [2.75, 3.05) is 33.0 Å². The lowest BCUT2D eigenvalue weighted by Gasteiger charge is -2.50. The highest BCUT2D eigenvalue weighted by Gasteiger charge is 2.57. The standard InChI is InChI=1S/C34H58N2O31S2/c1-8(40)35-15-20(45)26(13(6-57-68(52)53)62-31(15)66-28-18(43)11(4-38)59-30(51)24(28)49)65-34-25(50)29(19(44)12(5-39)61-34)67-32-16(36-9(2)41)21(46)27(14(63-32)7-58-69(54,55)56)64-33-23(48)22(47)17(42)10(3-37)60-33/h10-34,37-39,42-51H,3-7H2,1-2H3,(H,35,40)(H,36,41)(H,52,53)(H,54,55,56)/t10-,11-,12-,13-,14-,15-,16-,17+,18+,19+,20-,21-,22+,23-,24-,25-,26-,27-,28+,29+,30?,31+,32+,33+,34+/m1/s1. The van der Waals surface area contributed by atoms with Gasteiger partial charge in [0.15, 0.2) is 31.5 Å². The van der Waals surface area contributed by atoms with Gasteiger partial charge in [0, 0.05) is 13.8 Å². The third kappa shape index (κ3) is 14.0. The van der Waals surface area contributed by atoms with Crippen LogP contribution in [0.4, 0.5) is 0 Å². The van der Waals surface area contributed by atoms with Crippen molar-refractivity contribution in [1.82, 2.24) is 10.6 Å². The van der Waals surface area contributed by atoms with Crippen molar-refractivity contribution >= 4 is 33.6 Å². The van der Waals surface area contributed by atoms with Gasteiger partial charge in [-0.2, -0.15) is 12.6 Å². The molecule has 26 atom stereocenters. The van der Waals surface area contributed by atoms with E-state index in [-0.39, 0.29) is 0 Å². The van der Waals surface area contributed by atoms with E-state index in [0.717, 1.165) is 13.8 Å². The second-order valence-corrected chi connectivity index (χ2v) is 18.0. The van der Waals surface area contributed by atoms with Crippen LogP contribution in [0.3, 0.4) is 0 Å². The van der Waals surface area contributed by atoms with Crippen LogP contribution in [-0.2, 0) is 82.3 Å². The van der Waals surface area contributed by atoms with Crippen LogP contribution in [-0.4, -0.2) is 286 Å². The molecule has 0 aromatic rings. The summed E-state index contributed by atoms with van der Waals surface area (Å²) in [5, 5.41) is 143. The Morgan fingerprint density at radius 1 is 0.507 bits per heavy atom. The third-order valence-electron chi connectivity index (χ3n) is 11.5. The lowest BCUT2D eigenvalue weighted by molar-refractivity contribution is -0.381. The first-order valence-corrected chi connectivity index (χ1v) is 23.1. The zero-order chi connectivity index (χ0) is 51.4. The molecule has 5 aliphatic rings. The molecule has 0 aromatic carbocycles. The Balaban J connectivity index is 1.45. The molecule has 0 aliphatic carbocycles. The summed E-state index contributed by atoms with van der Waals surface area (Å²) in [6.07, 6.45) is -46.0.